The van der Waals surface area contributed by atoms with Gasteiger partial charge in [0.05, 0.1) is 12.1 Å². The summed E-state index contributed by atoms with van der Waals surface area (Å²) in [6, 6.07) is 5.89. The predicted molar refractivity (Wildman–Crippen MR) is 94.0 cm³/mol. The summed E-state index contributed by atoms with van der Waals surface area (Å²) >= 11 is 0. The molecule has 4 rings (SSSR count). The zero-order valence-electron chi connectivity index (χ0n) is 14.4. The lowest BCUT2D eigenvalue weighted by Gasteiger charge is -2.35. The molecule has 2 aliphatic heterocycles. The lowest BCUT2D eigenvalue weighted by atomic mass is 10.2. The standard InChI is InChI=1S/C18H23N7/c19-13-15-5-4-7-20-18(15)24-11-9-23(10-12-24)14-17-22-21-16-6-2-1-3-8-25(16)17/h4-5,7H,1-3,6,8-12,14H2. The topological polar surface area (TPSA) is 73.9 Å². The summed E-state index contributed by atoms with van der Waals surface area (Å²) in [5, 5.41) is 18.1. The molecule has 7 heteroatoms. The van der Waals surface area contributed by atoms with Crippen molar-refractivity contribution in [3.63, 3.8) is 0 Å². The van der Waals surface area contributed by atoms with Crippen LogP contribution in [0.4, 0.5) is 5.82 Å². The summed E-state index contributed by atoms with van der Waals surface area (Å²) < 4.78 is 2.33. The van der Waals surface area contributed by atoms with Crippen molar-refractivity contribution < 1.29 is 0 Å². The highest BCUT2D eigenvalue weighted by atomic mass is 15.3. The van der Waals surface area contributed by atoms with Crippen molar-refractivity contribution >= 4 is 5.82 Å². The van der Waals surface area contributed by atoms with Gasteiger partial charge in [-0.25, -0.2) is 4.98 Å². The quantitative estimate of drug-likeness (QED) is 0.847. The van der Waals surface area contributed by atoms with Crippen molar-refractivity contribution in [3.8, 4) is 6.07 Å². The summed E-state index contributed by atoms with van der Waals surface area (Å²) in [5.74, 6) is 3.06. The van der Waals surface area contributed by atoms with E-state index in [-0.39, 0.29) is 0 Å². The van der Waals surface area contributed by atoms with Crippen LogP contribution in [0.2, 0.25) is 0 Å². The van der Waals surface area contributed by atoms with Crippen LogP contribution in [-0.4, -0.2) is 50.8 Å². The van der Waals surface area contributed by atoms with Crippen LogP contribution in [0, 0.1) is 11.3 Å². The van der Waals surface area contributed by atoms with E-state index in [0.717, 1.165) is 63.2 Å². The molecule has 7 nitrogen and oxygen atoms in total. The highest BCUT2D eigenvalue weighted by Gasteiger charge is 2.22. The first-order valence-electron chi connectivity index (χ1n) is 9.08. The molecule has 2 aliphatic rings. The molecule has 1 fully saturated rings. The minimum absolute atomic E-state index is 0.652. The minimum Gasteiger partial charge on any atom is -0.353 e. The van der Waals surface area contributed by atoms with Gasteiger partial charge >= 0.3 is 0 Å². The third-order valence-electron chi connectivity index (χ3n) is 5.13. The van der Waals surface area contributed by atoms with Crippen LogP contribution >= 0.6 is 0 Å². The Morgan fingerprint density at radius 1 is 1.04 bits per heavy atom. The van der Waals surface area contributed by atoms with E-state index in [1.54, 1.807) is 6.20 Å². The molecule has 0 aliphatic carbocycles. The second-order valence-corrected chi connectivity index (χ2v) is 6.74. The van der Waals surface area contributed by atoms with Gasteiger partial charge in [0.15, 0.2) is 0 Å². The predicted octanol–water partition coefficient (Wildman–Crippen LogP) is 1.59. The molecule has 4 heterocycles. The maximum atomic E-state index is 9.26. The number of anilines is 1. The summed E-state index contributed by atoms with van der Waals surface area (Å²) in [4.78, 5) is 9.03. The van der Waals surface area contributed by atoms with E-state index in [0.29, 0.717) is 5.56 Å². The molecule has 2 aromatic rings. The summed E-state index contributed by atoms with van der Waals surface area (Å²) in [5.41, 5.74) is 0.652. The average molecular weight is 337 g/mol. The molecule has 130 valence electrons. The van der Waals surface area contributed by atoms with Crippen LogP contribution in [0.5, 0.6) is 0 Å². The van der Waals surface area contributed by atoms with Crippen molar-refractivity contribution in [2.45, 2.75) is 38.8 Å². The first kappa shape index (κ1) is 16.0. The van der Waals surface area contributed by atoms with E-state index in [1.165, 1.54) is 19.3 Å². The van der Waals surface area contributed by atoms with Crippen LogP contribution in [0.3, 0.4) is 0 Å². The van der Waals surface area contributed by atoms with E-state index in [2.05, 4.69) is 35.6 Å². The molecule has 0 unspecified atom stereocenters. The van der Waals surface area contributed by atoms with Gasteiger partial charge in [-0.15, -0.1) is 10.2 Å². The Kier molecular flexibility index (Phi) is 4.61. The molecule has 0 saturated carbocycles. The van der Waals surface area contributed by atoms with E-state index < -0.39 is 0 Å². The summed E-state index contributed by atoms with van der Waals surface area (Å²) in [7, 11) is 0. The average Bonchev–Trinajstić information content (AvgIpc) is 2.89. The number of aryl methyl sites for hydroxylation is 1. The van der Waals surface area contributed by atoms with Gasteiger partial charge in [0.2, 0.25) is 0 Å². The van der Waals surface area contributed by atoms with E-state index in [4.69, 9.17) is 0 Å². The smallest absolute Gasteiger partial charge is 0.147 e. The molecule has 25 heavy (non-hydrogen) atoms. The van der Waals surface area contributed by atoms with Gasteiger partial charge in [0.25, 0.3) is 0 Å². The number of rotatable bonds is 3. The number of pyridine rings is 1. The molecular weight excluding hydrogens is 314 g/mol. The van der Waals surface area contributed by atoms with Gasteiger partial charge in [0.1, 0.15) is 23.5 Å². The second-order valence-electron chi connectivity index (χ2n) is 6.74. The number of hydrogen-bond donors (Lipinski definition) is 0. The van der Waals surface area contributed by atoms with Gasteiger partial charge in [-0.2, -0.15) is 5.26 Å². The van der Waals surface area contributed by atoms with Crippen molar-refractivity contribution in [3.05, 3.63) is 35.5 Å². The molecule has 1 saturated heterocycles. The zero-order chi connectivity index (χ0) is 17.1. The molecule has 0 atom stereocenters. The van der Waals surface area contributed by atoms with Crippen molar-refractivity contribution in [1.29, 1.82) is 5.26 Å². The minimum atomic E-state index is 0.652. The highest BCUT2D eigenvalue weighted by molar-refractivity contribution is 5.53. The first-order valence-corrected chi connectivity index (χ1v) is 9.08. The Bertz CT molecular complexity index is 768. The Balaban J connectivity index is 1.40. The number of fused-ring (bicyclic) bond motifs is 1. The van der Waals surface area contributed by atoms with E-state index in [9.17, 15) is 5.26 Å². The number of nitrogens with zero attached hydrogens (tertiary/aromatic N) is 7. The van der Waals surface area contributed by atoms with Gasteiger partial charge in [-0.1, -0.05) is 6.42 Å². The Morgan fingerprint density at radius 3 is 2.76 bits per heavy atom. The summed E-state index contributed by atoms with van der Waals surface area (Å²) in [6.07, 6.45) is 6.54. The Morgan fingerprint density at radius 2 is 1.92 bits per heavy atom. The zero-order valence-corrected chi connectivity index (χ0v) is 14.4. The molecule has 0 radical (unpaired) electrons. The van der Waals surface area contributed by atoms with Crippen LogP contribution in [0.25, 0.3) is 0 Å². The molecule has 0 amide bonds. The van der Waals surface area contributed by atoms with Crippen molar-refractivity contribution in [2.24, 2.45) is 0 Å². The number of piperazine rings is 1. The lowest BCUT2D eigenvalue weighted by molar-refractivity contribution is 0.239. The fraction of sp³-hybridized carbons (Fsp3) is 0.556. The normalized spacial score (nSPS) is 18.4. The summed E-state index contributed by atoms with van der Waals surface area (Å²) in [6.45, 7) is 5.57. The maximum absolute atomic E-state index is 9.26. The Hall–Kier alpha value is -2.46. The van der Waals surface area contributed by atoms with Gasteiger partial charge in [0, 0.05) is 45.3 Å². The SMILES string of the molecule is N#Cc1cccnc1N1CCN(Cc2nnc3n2CCCCC3)CC1. The largest absolute Gasteiger partial charge is 0.353 e. The van der Waals surface area contributed by atoms with Crippen LogP contribution in [0.1, 0.15) is 36.5 Å². The van der Waals surface area contributed by atoms with Gasteiger partial charge < -0.3 is 9.47 Å². The Labute approximate surface area is 147 Å². The van der Waals surface area contributed by atoms with Crippen LogP contribution < -0.4 is 4.90 Å². The molecule has 0 bridgehead atoms. The van der Waals surface area contributed by atoms with E-state index in [1.807, 2.05) is 12.1 Å². The highest BCUT2D eigenvalue weighted by Crippen LogP contribution is 2.20. The monoisotopic (exact) mass is 337 g/mol. The number of hydrogen-bond acceptors (Lipinski definition) is 6. The number of aromatic nitrogens is 4. The fourth-order valence-corrected chi connectivity index (χ4v) is 3.72. The van der Waals surface area contributed by atoms with Gasteiger partial charge in [-0.05, 0) is 25.0 Å². The second kappa shape index (κ2) is 7.19. The maximum Gasteiger partial charge on any atom is 0.147 e. The molecular formula is C18H23N7. The van der Waals surface area contributed by atoms with Crippen molar-refractivity contribution in [2.75, 3.05) is 31.1 Å². The molecule has 2 aromatic heterocycles. The lowest BCUT2D eigenvalue weighted by Crippen LogP contribution is -2.46. The van der Waals surface area contributed by atoms with E-state index >= 15 is 0 Å². The van der Waals surface area contributed by atoms with Gasteiger partial charge in [-0.3, -0.25) is 4.90 Å². The van der Waals surface area contributed by atoms with Crippen LogP contribution in [0.15, 0.2) is 18.3 Å². The third kappa shape index (κ3) is 3.35. The van der Waals surface area contributed by atoms with Crippen molar-refractivity contribution in [1.82, 2.24) is 24.6 Å². The molecule has 0 spiro atoms. The fourth-order valence-electron chi connectivity index (χ4n) is 3.72. The van der Waals surface area contributed by atoms with Crippen LogP contribution in [-0.2, 0) is 19.5 Å². The number of nitriles is 1. The molecule has 0 aromatic carbocycles. The molecule has 0 N–H and O–H groups in total. The third-order valence-corrected chi connectivity index (χ3v) is 5.13. The first-order chi connectivity index (χ1) is 12.3.